The van der Waals surface area contributed by atoms with Crippen molar-refractivity contribution in [2.24, 2.45) is 0 Å². The van der Waals surface area contributed by atoms with Crippen molar-refractivity contribution in [3.63, 3.8) is 0 Å². The highest BCUT2D eigenvalue weighted by atomic mass is 19.4. The molecule has 0 aromatic heterocycles. The molecule has 0 amide bonds. The summed E-state index contributed by atoms with van der Waals surface area (Å²) >= 11 is 0. The lowest BCUT2D eigenvalue weighted by Crippen LogP contribution is -2.39. The predicted octanol–water partition coefficient (Wildman–Crippen LogP) is 2.40. The zero-order chi connectivity index (χ0) is 13.1. The third-order valence-corrected chi connectivity index (χ3v) is 2.34. The number of hydrogen-bond acceptors (Lipinski definition) is 2. The first-order valence-corrected chi connectivity index (χ1v) is 5.04. The molecule has 0 aliphatic heterocycles. The van der Waals surface area contributed by atoms with Gasteiger partial charge in [0.15, 0.2) is 6.10 Å². The van der Waals surface area contributed by atoms with E-state index in [9.17, 15) is 17.6 Å². The molecule has 1 unspecified atom stereocenters. The molecule has 0 heterocycles. The summed E-state index contributed by atoms with van der Waals surface area (Å²) in [7, 11) is 0. The fourth-order valence-electron chi connectivity index (χ4n) is 1.30. The van der Waals surface area contributed by atoms with Crippen LogP contribution in [0.4, 0.5) is 17.6 Å². The summed E-state index contributed by atoms with van der Waals surface area (Å²) in [4.78, 5) is 0. The van der Waals surface area contributed by atoms with Crippen molar-refractivity contribution < 1.29 is 22.7 Å². The van der Waals surface area contributed by atoms with Gasteiger partial charge in [-0.25, -0.2) is 4.39 Å². The highest BCUT2D eigenvalue weighted by Crippen LogP contribution is 2.20. The van der Waals surface area contributed by atoms with E-state index >= 15 is 0 Å². The molecule has 0 saturated carbocycles. The Morgan fingerprint density at radius 3 is 2.53 bits per heavy atom. The third-order valence-electron chi connectivity index (χ3n) is 2.34. The number of nitrogens with one attached hydrogen (secondary N) is 1. The van der Waals surface area contributed by atoms with Crippen molar-refractivity contribution in [2.45, 2.75) is 25.2 Å². The van der Waals surface area contributed by atoms with E-state index in [2.05, 4.69) is 5.32 Å². The van der Waals surface area contributed by atoms with Crippen LogP contribution in [0.1, 0.15) is 18.5 Å². The van der Waals surface area contributed by atoms with Crippen LogP contribution in [0.5, 0.6) is 0 Å². The largest absolute Gasteiger partial charge is 0.415 e. The van der Waals surface area contributed by atoms with Gasteiger partial charge in [-0.3, -0.25) is 0 Å². The van der Waals surface area contributed by atoms with Crippen LogP contribution in [0.25, 0.3) is 0 Å². The SMILES string of the molecule is C[C@@H](NCC(O)C(F)(F)F)c1cccc(F)c1. The Labute approximate surface area is 96.3 Å². The fraction of sp³-hybridized carbons (Fsp3) is 0.455. The Hall–Kier alpha value is -1.14. The molecule has 2 N–H and O–H groups in total. The van der Waals surface area contributed by atoms with Gasteiger partial charge < -0.3 is 10.4 Å². The molecule has 2 atom stereocenters. The van der Waals surface area contributed by atoms with Crippen LogP contribution in [-0.4, -0.2) is 23.9 Å². The molecule has 0 aliphatic carbocycles. The van der Waals surface area contributed by atoms with Crippen LogP contribution < -0.4 is 5.32 Å². The molecule has 0 fully saturated rings. The summed E-state index contributed by atoms with van der Waals surface area (Å²) in [5.74, 6) is -0.451. The lowest BCUT2D eigenvalue weighted by atomic mass is 10.1. The molecule has 0 radical (unpaired) electrons. The van der Waals surface area contributed by atoms with Crippen LogP contribution in [0.2, 0.25) is 0 Å². The molecule has 0 spiro atoms. The van der Waals surface area contributed by atoms with Crippen molar-refractivity contribution in [3.05, 3.63) is 35.6 Å². The Bertz CT molecular complexity index is 367. The van der Waals surface area contributed by atoms with Crippen molar-refractivity contribution in [1.29, 1.82) is 0 Å². The maximum absolute atomic E-state index is 12.9. The van der Waals surface area contributed by atoms with Gasteiger partial charge in [0.1, 0.15) is 5.82 Å². The number of benzene rings is 1. The Kier molecular flexibility index (Phi) is 4.47. The maximum Gasteiger partial charge on any atom is 0.415 e. The number of alkyl halides is 3. The lowest BCUT2D eigenvalue weighted by Gasteiger charge is -2.19. The summed E-state index contributed by atoms with van der Waals surface area (Å²) in [6.07, 6.45) is -7.06. The van der Waals surface area contributed by atoms with E-state index < -0.39 is 30.7 Å². The molecule has 17 heavy (non-hydrogen) atoms. The number of halogens is 4. The standard InChI is InChI=1S/C11H13F4NO/c1-7(8-3-2-4-9(12)5-8)16-6-10(17)11(13,14)15/h2-5,7,10,16-17H,6H2,1H3/t7-,10?/m1/s1. The third kappa shape index (κ3) is 4.32. The molecule has 96 valence electrons. The Morgan fingerprint density at radius 1 is 1.35 bits per heavy atom. The van der Waals surface area contributed by atoms with Gasteiger partial charge in [0.25, 0.3) is 0 Å². The van der Waals surface area contributed by atoms with Crippen molar-refractivity contribution in [2.75, 3.05) is 6.54 Å². The average molecular weight is 251 g/mol. The van der Waals surface area contributed by atoms with Crippen LogP contribution in [0, 0.1) is 5.82 Å². The summed E-state index contributed by atoms with van der Waals surface area (Å²) in [6.45, 7) is 0.971. The molecule has 0 bridgehead atoms. The fourth-order valence-corrected chi connectivity index (χ4v) is 1.30. The Morgan fingerprint density at radius 2 is 2.00 bits per heavy atom. The molecule has 1 aromatic carbocycles. The number of hydrogen-bond donors (Lipinski definition) is 2. The summed E-state index contributed by atoms with van der Waals surface area (Å²) in [6, 6.07) is 5.09. The average Bonchev–Trinajstić information content (AvgIpc) is 2.24. The van der Waals surface area contributed by atoms with E-state index in [1.54, 1.807) is 13.0 Å². The molecule has 1 aromatic rings. The first-order valence-electron chi connectivity index (χ1n) is 5.04. The zero-order valence-electron chi connectivity index (χ0n) is 9.13. The van der Waals surface area contributed by atoms with Gasteiger partial charge in [-0.1, -0.05) is 12.1 Å². The highest BCUT2D eigenvalue weighted by molar-refractivity contribution is 5.19. The predicted molar refractivity (Wildman–Crippen MR) is 54.9 cm³/mol. The summed E-state index contributed by atoms with van der Waals surface area (Å²) in [5, 5.41) is 11.3. The van der Waals surface area contributed by atoms with Crippen LogP contribution in [0.15, 0.2) is 24.3 Å². The second kappa shape index (κ2) is 5.46. The van der Waals surface area contributed by atoms with E-state index in [-0.39, 0.29) is 0 Å². The van der Waals surface area contributed by atoms with E-state index in [0.717, 1.165) is 0 Å². The van der Waals surface area contributed by atoms with Gasteiger partial charge in [-0.2, -0.15) is 13.2 Å². The smallest absolute Gasteiger partial charge is 0.382 e. The second-order valence-electron chi connectivity index (χ2n) is 3.74. The van der Waals surface area contributed by atoms with Gasteiger partial charge in [0.05, 0.1) is 0 Å². The molecule has 0 aliphatic rings. The zero-order valence-corrected chi connectivity index (χ0v) is 9.13. The van der Waals surface area contributed by atoms with Crippen molar-refractivity contribution in [1.82, 2.24) is 5.32 Å². The van der Waals surface area contributed by atoms with E-state index in [1.807, 2.05) is 0 Å². The monoisotopic (exact) mass is 251 g/mol. The molecular weight excluding hydrogens is 238 g/mol. The highest BCUT2D eigenvalue weighted by Gasteiger charge is 2.37. The molecular formula is C11H13F4NO. The minimum Gasteiger partial charge on any atom is -0.382 e. The van der Waals surface area contributed by atoms with Crippen LogP contribution >= 0.6 is 0 Å². The van der Waals surface area contributed by atoms with Crippen LogP contribution in [-0.2, 0) is 0 Å². The minimum atomic E-state index is -4.64. The molecule has 2 nitrogen and oxygen atoms in total. The van der Waals surface area contributed by atoms with Gasteiger partial charge in [-0.05, 0) is 24.6 Å². The van der Waals surface area contributed by atoms with E-state index in [4.69, 9.17) is 5.11 Å². The van der Waals surface area contributed by atoms with Gasteiger partial charge in [0, 0.05) is 12.6 Å². The second-order valence-corrected chi connectivity index (χ2v) is 3.74. The lowest BCUT2D eigenvalue weighted by molar-refractivity contribution is -0.202. The Balaban J connectivity index is 2.53. The first-order chi connectivity index (χ1) is 7.80. The van der Waals surface area contributed by atoms with Crippen LogP contribution in [0.3, 0.4) is 0 Å². The van der Waals surface area contributed by atoms with Crippen molar-refractivity contribution in [3.8, 4) is 0 Å². The van der Waals surface area contributed by atoms with Gasteiger partial charge >= 0.3 is 6.18 Å². The van der Waals surface area contributed by atoms with E-state index in [0.29, 0.717) is 5.56 Å². The normalized spacial score (nSPS) is 15.6. The summed E-state index contributed by atoms with van der Waals surface area (Å²) < 4.78 is 48.9. The molecule has 1 rings (SSSR count). The number of rotatable bonds is 4. The number of aliphatic hydroxyl groups excluding tert-OH is 1. The first kappa shape index (κ1) is 13.9. The summed E-state index contributed by atoms with van der Waals surface area (Å²) in [5.41, 5.74) is 0.527. The maximum atomic E-state index is 12.9. The van der Waals surface area contributed by atoms with Gasteiger partial charge in [-0.15, -0.1) is 0 Å². The minimum absolute atomic E-state index is 0.451. The van der Waals surface area contributed by atoms with Crippen molar-refractivity contribution >= 4 is 0 Å². The molecule has 0 saturated heterocycles. The van der Waals surface area contributed by atoms with Gasteiger partial charge in [0.2, 0.25) is 0 Å². The molecule has 6 heteroatoms. The quantitative estimate of drug-likeness (QED) is 0.805. The van der Waals surface area contributed by atoms with E-state index in [1.165, 1.54) is 18.2 Å². The topological polar surface area (TPSA) is 32.3 Å². The number of aliphatic hydroxyl groups is 1.